The maximum atomic E-state index is 13.8. The molecule has 10 heteroatoms. The zero-order valence-electron chi connectivity index (χ0n) is 16.8. The smallest absolute Gasteiger partial charge is 0.272 e. The largest absolute Gasteiger partial charge is 0.472 e. The van der Waals surface area contributed by atoms with E-state index in [9.17, 15) is 18.4 Å². The molecule has 0 aliphatic heterocycles. The summed E-state index contributed by atoms with van der Waals surface area (Å²) in [5.41, 5.74) is -0.227. The van der Waals surface area contributed by atoms with Gasteiger partial charge in [-0.05, 0) is 48.3 Å². The van der Waals surface area contributed by atoms with Gasteiger partial charge in [-0.1, -0.05) is 0 Å². The van der Waals surface area contributed by atoms with E-state index in [4.69, 9.17) is 9.84 Å². The van der Waals surface area contributed by atoms with Crippen molar-refractivity contribution in [3.63, 3.8) is 0 Å². The topological polar surface area (TPSA) is 93.5 Å². The highest BCUT2D eigenvalue weighted by Gasteiger charge is 2.18. The third kappa shape index (κ3) is 6.33. The molecular formula is C20H24BrF2N3O4. The molecule has 2 N–H and O–H groups in total. The molecule has 0 bridgehead atoms. The van der Waals surface area contributed by atoms with Gasteiger partial charge in [-0.25, -0.2) is 8.78 Å². The van der Waals surface area contributed by atoms with Gasteiger partial charge in [0.2, 0.25) is 11.8 Å². The first-order valence-electron chi connectivity index (χ1n) is 9.49. The molecule has 1 aromatic carbocycles. The van der Waals surface area contributed by atoms with Gasteiger partial charge in [-0.15, -0.1) is 0 Å². The average Bonchev–Trinajstić information content (AvgIpc) is 2.68. The monoisotopic (exact) mass is 487 g/mol. The number of hydrogen-bond acceptors (Lipinski definition) is 5. The first kappa shape index (κ1) is 23.9. The quantitative estimate of drug-likeness (QED) is 0.537. The van der Waals surface area contributed by atoms with Crippen molar-refractivity contribution in [1.29, 1.82) is 0 Å². The number of nitrogens with zero attached hydrogens (tertiary/aromatic N) is 2. The minimum absolute atomic E-state index is 0.000331. The summed E-state index contributed by atoms with van der Waals surface area (Å²) >= 11 is 3.19. The molecule has 0 radical (unpaired) electrons. The molecule has 1 aromatic heterocycles. The Balaban J connectivity index is 2.20. The highest BCUT2D eigenvalue weighted by atomic mass is 79.9. The number of aromatic nitrogens is 2. The first-order valence-corrected chi connectivity index (χ1v) is 10.3. The molecule has 0 aliphatic rings. The molecule has 0 aliphatic carbocycles. The maximum Gasteiger partial charge on any atom is 0.272 e. The number of rotatable bonds is 10. The average molecular weight is 488 g/mol. The number of aliphatic hydroxyl groups excluding tert-OH is 1. The van der Waals surface area contributed by atoms with E-state index in [0.29, 0.717) is 18.7 Å². The summed E-state index contributed by atoms with van der Waals surface area (Å²) in [6, 6.07) is 2.96. The number of aryl methyl sites for hydroxylation is 1. The summed E-state index contributed by atoms with van der Waals surface area (Å²) in [5.74, 6) is -1.22. The van der Waals surface area contributed by atoms with Crippen molar-refractivity contribution in [2.45, 2.75) is 45.8 Å². The molecule has 2 aromatic rings. The van der Waals surface area contributed by atoms with Crippen molar-refractivity contribution < 1.29 is 23.4 Å². The van der Waals surface area contributed by atoms with E-state index in [2.05, 4.69) is 26.2 Å². The van der Waals surface area contributed by atoms with Gasteiger partial charge in [0.1, 0.15) is 28.5 Å². The van der Waals surface area contributed by atoms with Crippen molar-refractivity contribution in [1.82, 2.24) is 14.9 Å². The Morgan fingerprint density at radius 3 is 2.73 bits per heavy atom. The summed E-state index contributed by atoms with van der Waals surface area (Å²) in [6.07, 6.45) is 0.986. The number of carbonyl (C=O) groups is 1. The number of benzene rings is 1. The lowest BCUT2D eigenvalue weighted by molar-refractivity contribution is -0.121. The SMILES string of the molecule is CC(C)n1c(CCCC(=O)NCCO)nc(OCc2ccc(F)cc2F)c(Br)c1=O. The molecule has 0 spiro atoms. The van der Waals surface area contributed by atoms with E-state index in [1.54, 1.807) is 0 Å². The number of nitrogens with one attached hydrogen (secondary N) is 1. The Morgan fingerprint density at radius 1 is 1.37 bits per heavy atom. The highest BCUT2D eigenvalue weighted by Crippen LogP contribution is 2.23. The van der Waals surface area contributed by atoms with Crippen LogP contribution in [0.25, 0.3) is 0 Å². The number of amides is 1. The van der Waals surface area contributed by atoms with Gasteiger partial charge in [-0.3, -0.25) is 14.2 Å². The van der Waals surface area contributed by atoms with Gasteiger partial charge in [0.05, 0.1) is 6.61 Å². The number of aliphatic hydroxyl groups is 1. The first-order chi connectivity index (χ1) is 14.2. The van der Waals surface area contributed by atoms with Gasteiger partial charge in [0.25, 0.3) is 5.56 Å². The minimum Gasteiger partial charge on any atom is -0.472 e. The summed E-state index contributed by atoms with van der Waals surface area (Å²) < 4.78 is 34.0. The fraction of sp³-hybridized carbons (Fsp3) is 0.450. The third-order valence-corrected chi connectivity index (χ3v) is 4.92. The molecule has 0 atom stereocenters. The zero-order valence-corrected chi connectivity index (χ0v) is 18.3. The van der Waals surface area contributed by atoms with Crippen molar-refractivity contribution in [3.05, 3.63) is 56.0 Å². The molecule has 0 unspecified atom stereocenters. The van der Waals surface area contributed by atoms with Crippen LogP contribution in [0.2, 0.25) is 0 Å². The molecular weight excluding hydrogens is 464 g/mol. The second-order valence-electron chi connectivity index (χ2n) is 6.87. The Hall–Kier alpha value is -2.33. The van der Waals surface area contributed by atoms with Crippen molar-refractivity contribution in [2.24, 2.45) is 0 Å². The minimum atomic E-state index is -0.754. The molecule has 164 valence electrons. The van der Waals surface area contributed by atoms with Gasteiger partial charge in [-0.2, -0.15) is 4.98 Å². The molecule has 0 saturated heterocycles. The van der Waals surface area contributed by atoms with E-state index in [1.807, 2.05) is 13.8 Å². The summed E-state index contributed by atoms with van der Waals surface area (Å²) in [4.78, 5) is 28.9. The molecule has 2 rings (SSSR count). The molecule has 0 fully saturated rings. The van der Waals surface area contributed by atoms with Gasteiger partial charge < -0.3 is 15.2 Å². The molecule has 1 amide bonds. The predicted octanol–water partition coefficient (Wildman–Crippen LogP) is 2.88. The van der Waals surface area contributed by atoms with Gasteiger partial charge in [0, 0.05) is 37.1 Å². The molecule has 1 heterocycles. The second-order valence-corrected chi connectivity index (χ2v) is 7.66. The highest BCUT2D eigenvalue weighted by molar-refractivity contribution is 9.10. The number of carbonyl (C=O) groups excluding carboxylic acids is 1. The van der Waals surface area contributed by atoms with Crippen molar-refractivity contribution in [3.8, 4) is 5.88 Å². The lowest BCUT2D eigenvalue weighted by Crippen LogP contribution is -2.29. The van der Waals surface area contributed by atoms with E-state index >= 15 is 0 Å². The van der Waals surface area contributed by atoms with Crippen LogP contribution in [0, 0.1) is 11.6 Å². The number of hydrogen-bond donors (Lipinski definition) is 2. The Kier molecular flexibility index (Phi) is 8.91. The van der Waals surface area contributed by atoms with Crippen LogP contribution in [-0.4, -0.2) is 33.7 Å². The Labute approximate surface area is 181 Å². The molecule has 30 heavy (non-hydrogen) atoms. The fourth-order valence-corrected chi connectivity index (χ4v) is 3.21. The van der Waals surface area contributed by atoms with Crippen LogP contribution in [0.15, 0.2) is 27.5 Å². The van der Waals surface area contributed by atoms with E-state index in [1.165, 1.54) is 10.6 Å². The zero-order chi connectivity index (χ0) is 22.3. The molecule has 0 saturated carbocycles. The van der Waals surface area contributed by atoms with Crippen molar-refractivity contribution in [2.75, 3.05) is 13.2 Å². The van der Waals surface area contributed by atoms with Gasteiger partial charge in [0.15, 0.2) is 0 Å². The second kappa shape index (κ2) is 11.2. The standard InChI is InChI=1S/C20H24BrF2N3O4/c1-12(2)26-16(4-3-5-17(28)24-8-9-27)25-19(18(21)20(26)29)30-11-13-6-7-14(22)10-15(13)23/h6-7,10,12,27H,3-5,8-9,11H2,1-2H3,(H,24,28). The lowest BCUT2D eigenvalue weighted by Gasteiger charge is -2.18. The van der Waals surface area contributed by atoms with Crippen LogP contribution in [-0.2, 0) is 17.8 Å². The van der Waals surface area contributed by atoms with Crippen LogP contribution in [0.5, 0.6) is 5.88 Å². The summed E-state index contributed by atoms with van der Waals surface area (Å²) in [5, 5.41) is 11.3. The Bertz CT molecular complexity index is 950. The normalized spacial score (nSPS) is 11.0. The summed E-state index contributed by atoms with van der Waals surface area (Å²) in [7, 11) is 0. The fourth-order valence-electron chi connectivity index (χ4n) is 2.81. The predicted molar refractivity (Wildman–Crippen MR) is 110 cm³/mol. The van der Waals surface area contributed by atoms with Crippen LogP contribution in [0.3, 0.4) is 0 Å². The third-order valence-electron chi connectivity index (χ3n) is 4.24. The number of ether oxygens (including phenoxy) is 1. The lowest BCUT2D eigenvalue weighted by atomic mass is 10.2. The Morgan fingerprint density at radius 2 is 2.10 bits per heavy atom. The van der Waals surface area contributed by atoms with Crippen LogP contribution >= 0.6 is 15.9 Å². The number of halogens is 3. The maximum absolute atomic E-state index is 13.8. The van der Waals surface area contributed by atoms with Gasteiger partial charge >= 0.3 is 0 Å². The van der Waals surface area contributed by atoms with E-state index in [0.717, 1.165) is 12.1 Å². The van der Waals surface area contributed by atoms with Crippen molar-refractivity contribution >= 4 is 21.8 Å². The summed E-state index contributed by atoms with van der Waals surface area (Å²) in [6.45, 7) is 3.49. The van der Waals surface area contributed by atoms with E-state index < -0.39 is 11.6 Å². The van der Waals surface area contributed by atoms with Crippen LogP contribution in [0.4, 0.5) is 8.78 Å². The van der Waals surface area contributed by atoms with Crippen LogP contribution in [0.1, 0.15) is 44.1 Å². The van der Waals surface area contributed by atoms with E-state index in [-0.39, 0.29) is 59.6 Å². The molecule has 7 nitrogen and oxygen atoms in total. The van der Waals surface area contributed by atoms with Crippen LogP contribution < -0.4 is 15.6 Å².